The summed E-state index contributed by atoms with van der Waals surface area (Å²) >= 11 is 0. The number of aryl methyl sites for hydroxylation is 1. The Balaban J connectivity index is 1.98. The van der Waals surface area contributed by atoms with Crippen LogP contribution >= 0.6 is 0 Å². The fraction of sp³-hybridized carbons (Fsp3) is 0.0588. The molecule has 1 heterocycles. The average molecular weight is 262 g/mol. The van der Waals surface area contributed by atoms with E-state index in [9.17, 15) is 4.79 Å². The van der Waals surface area contributed by atoms with Crippen molar-refractivity contribution in [1.29, 1.82) is 0 Å². The standard InChI is InChI=1S/C17H14N2O/c1-12-6-2-4-8-14(12)17(20)19-16-15-9-5-3-7-13(15)10-11-18-16/h2-11H,1H3,(H,18,19,20). The van der Waals surface area contributed by atoms with E-state index in [0.717, 1.165) is 16.3 Å². The number of aromatic nitrogens is 1. The third kappa shape index (κ3) is 2.26. The SMILES string of the molecule is Cc1ccccc1C(=O)Nc1nccc2ccccc12. The molecule has 0 aliphatic rings. The van der Waals surface area contributed by atoms with Crippen LogP contribution in [0, 0.1) is 6.92 Å². The molecule has 1 aromatic heterocycles. The monoisotopic (exact) mass is 262 g/mol. The molecule has 0 bridgehead atoms. The van der Waals surface area contributed by atoms with Gasteiger partial charge in [0.2, 0.25) is 0 Å². The molecule has 3 nitrogen and oxygen atoms in total. The Labute approximate surface area is 117 Å². The summed E-state index contributed by atoms with van der Waals surface area (Å²) in [5, 5.41) is 4.89. The topological polar surface area (TPSA) is 42.0 Å². The van der Waals surface area contributed by atoms with Gasteiger partial charge in [0.25, 0.3) is 5.91 Å². The summed E-state index contributed by atoms with van der Waals surface area (Å²) in [6.07, 6.45) is 1.70. The zero-order valence-electron chi connectivity index (χ0n) is 11.1. The number of amides is 1. The van der Waals surface area contributed by atoms with E-state index in [1.807, 2.05) is 61.5 Å². The quantitative estimate of drug-likeness (QED) is 0.763. The number of anilines is 1. The van der Waals surface area contributed by atoms with Gasteiger partial charge in [-0.2, -0.15) is 0 Å². The molecule has 0 aliphatic carbocycles. The maximum Gasteiger partial charge on any atom is 0.257 e. The molecular weight excluding hydrogens is 248 g/mol. The maximum absolute atomic E-state index is 12.3. The second kappa shape index (κ2) is 5.13. The highest BCUT2D eigenvalue weighted by Crippen LogP contribution is 2.21. The Morgan fingerprint density at radius 1 is 1.00 bits per heavy atom. The van der Waals surface area contributed by atoms with Crippen molar-refractivity contribution in [2.45, 2.75) is 6.92 Å². The lowest BCUT2D eigenvalue weighted by molar-refractivity contribution is 0.102. The largest absolute Gasteiger partial charge is 0.306 e. The molecule has 2 aromatic carbocycles. The van der Waals surface area contributed by atoms with Crippen LogP contribution in [0.1, 0.15) is 15.9 Å². The second-order valence-corrected chi connectivity index (χ2v) is 4.65. The Hall–Kier alpha value is -2.68. The Morgan fingerprint density at radius 3 is 2.60 bits per heavy atom. The van der Waals surface area contributed by atoms with Gasteiger partial charge in [0, 0.05) is 17.1 Å². The van der Waals surface area contributed by atoms with Crippen molar-refractivity contribution in [3.8, 4) is 0 Å². The van der Waals surface area contributed by atoms with Gasteiger partial charge in [0.1, 0.15) is 5.82 Å². The van der Waals surface area contributed by atoms with Crippen molar-refractivity contribution in [2.24, 2.45) is 0 Å². The van der Waals surface area contributed by atoms with Gasteiger partial charge in [-0.1, -0.05) is 42.5 Å². The first-order chi connectivity index (χ1) is 9.75. The van der Waals surface area contributed by atoms with E-state index < -0.39 is 0 Å². The number of rotatable bonds is 2. The van der Waals surface area contributed by atoms with Crippen LogP contribution in [0.25, 0.3) is 10.8 Å². The van der Waals surface area contributed by atoms with E-state index in [4.69, 9.17) is 0 Å². The van der Waals surface area contributed by atoms with Crippen molar-refractivity contribution < 1.29 is 4.79 Å². The number of nitrogens with zero attached hydrogens (tertiary/aromatic N) is 1. The number of benzene rings is 2. The van der Waals surface area contributed by atoms with Gasteiger partial charge in [-0.3, -0.25) is 4.79 Å². The van der Waals surface area contributed by atoms with E-state index in [2.05, 4.69) is 10.3 Å². The van der Waals surface area contributed by atoms with Gasteiger partial charge in [0.05, 0.1) is 0 Å². The number of hydrogen-bond acceptors (Lipinski definition) is 2. The molecule has 3 heteroatoms. The third-order valence-corrected chi connectivity index (χ3v) is 3.30. The predicted octanol–water partition coefficient (Wildman–Crippen LogP) is 3.80. The highest BCUT2D eigenvalue weighted by Gasteiger charge is 2.10. The molecule has 0 unspecified atom stereocenters. The van der Waals surface area contributed by atoms with E-state index in [0.29, 0.717) is 11.4 Å². The molecule has 3 rings (SSSR count). The molecule has 1 amide bonds. The molecular formula is C17H14N2O. The first kappa shape index (κ1) is 12.4. The minimum absolute atomic E-state index is 0.132. The van der Waals surface area contributed by atoms with Crippen LogP contribution in [-0.4, -0.2) is 10.9 Å². The van der Waals surface area contributed by atoms with E-state index in [1.54, 1.807) is 6.20 Å². The summed E-state index contributed by atoms with van der Waals surface area (Å²) in [6, 6.07) is 17.3. The van der Waals surface area contributed by atoms with Gasteiger partial charge in [-0.25, -0.2) is 4.98 Å². The zero-order chi connectivity index (χ0) is 13.9. The van der Waals surface area contributed by atoms with E-state index in [1.165, 1.54) is 0 Å². The Morgan fingerprint density at radius 2 is 1.75 bits per heavy atom. The average Bonchev–Trinajstić information content (AvgIpc) is 2.48. The normalized spacial score (nSPS) is 10.4. The van der Waals surface area contributed by atoms with Crippen LogP contribution < -0.4 is 5.32 Å². The molecule has 98 valence electrons. The summed E-state index contributed by atoms with van der Waals surface area (Å²) < 4.78 is 0. The highest BCUT2D eigenvalue weighted by molar-refractivity contribution is 6.08. The molecule has 0 aliphatic heterocycles. The van der Waals surface area contributed by atoms with Gasteiger partial charge in [-0.05, 0) is 30.0 Å². The fourth-order valence-corrected chi connectivity index (χ4v) is 2.22. The molecule has 0 saturated heterocycles. The molecule has 20 heavy (non-hydrogen) atoms. The summed E-state index contributed by atoms with van der Waals surface area (Å²) in [5.74, 6) is 0.461. The number of carbonyl (C=O) groups excluding carboxylic acids is 1. The lowest BCUT2D eigenvalue weighted by atomic mass is 10.1. The number of carbonyl (C=O) groups is 1. The van der Waals surface area contributed by atoms with Gasteiger partial charge in [0.15, 0.2) is 0 Å². The Bertz CT molecular complexity index is 775. The fourth-order valence-electron chi connectivity index (χ4n) is 2.22. The smallest absolute Gasteiger partial charge is 0.257 e. The second-order valence-electron chi connectivity index (χ2n) is 4.65. The lowest BCUT2D eigenvalue weighted by Crippen LogP contribution is -2.14. The molecule has 1 N–H and O–H groups in total. The van der Waals surface area contributed by atoms with Gasteiger partial charge in [-0.15, -0.1) is 0 Å². The van der Waals surface area contributed by atoms with Crippen LogP contribution in [0.5, 0.6) is 0 Å². The van der Waals surface area contributed by atoms with Crippen molar-refractivity contribution >= 4 is 22.5 Å². The number of hydrogen-bond donors (Lipinski definition) is 1. The van der Waals surface area contributed by atoms with E-state index >= 15 is 0 Å². The molecule has 0 radical (unpaired) electrons. The van der Waals surface area contributed by atoms with Crippen molar-refractivity contribution in [3.63, 3.8) is 0 Å². The third-order valence-electron chi connectivity index (χ3n) is 3.30. The molecule has 0 spiro atoms. The van der Waals surface area contributed by atoms with Crippen LogP contribution in [0.15, 0.2) is 60.8 Å². The maximum atomic E-state index is 12.3. The summed E-state index contributed by atoms with van der Waals surface area (Å²) in [7, 11) is 0. The van der Waals surface area contributed by atoms with Crippen molar-refractivity contribution in [3.05, 3.63) is 71.9 Å². The molecule has 3 aromatic rings. The minimum atomic E-state index is -0.132. The van der Waals surface area contributed by atoms with Crippen molar-refractivity contribution in [2.75, 3.05) is 5.32 Å². The van der Waals surface area contributed by atoms with Crippen LogP contribution in [0.4, 0.5) is 5.82 Å². The lowest BCUT2D eigenvalue weighted by Gasteiger charge is -2.09. The van der Waals surface area contributed by atoms with Gasteiger partial charge >= 0.3 is 0 Å². The minimum Gasteiger partial charge on any atom is -0.306 e. The van der Waals surface area contributed by atoms with Gasteiger partial charge < -0.3 is 5.32 Å². The molecule has 0 fully saturated rings. The first-order valence-electron chi connectivity index (χ1n) is 6.46. The first-order valence-corrected chi connectivity index (χ1v) is 6.46. The van der Waals surface area contributed by atoms with Crippen LogP contribution in [0.3, 0.4) is 0 Å². The highest BCUT2D eigenvalue weighted by atomic mass is 16.1. The Kier molecular flexibility index (Phi) is 3.17. The number of pyridine rings is 1. The van der Waals surface area contributed by atoms with E-state index in [-0.39, 0.29) is 5.91 Å². The number of nitrogens with one attached hydrogen (secondary N) is 1. The van der Waals surface area contributed by atoms with Crippen LogP contribution in [0.2, 0.25) is 0 Å². The summed E-state index contributed by atoms with van der Waals surface area (Å²) in [5.41, 5.74) is 1.62. The summed E-state index contributed by atoms with van der Waals surface area (Å²) in [6.45, 7) is 1.92. The zero-order valence-corrected chi connectivity index (χ0v) is 11.1. The van der Waals surface area contributed by atoms with Crippen molar-refractivity contribution in [1.82, 2.24) is 4.98 Å². The number of fused-ring (bicyclic) bond motifs is 1. The molecule has 0 saturated carbocycles. The summed E-state index contributed by atoms with van der Waals surface area (Å²) in [4.78, 5) is 16.6. The predicted molar refractivity (Wildman–Crippen MR) is 80.9 cm³/mol. The van der Waals surface area contributed by atoms with Crippen LogP contribution in [-0.2, 0) is 0 Å². The molecule has 0 atom stereocenters.